The van der Waals surface area contributed by atoms with Crippen molar-refractivity contribution in [2.24, 2.45) is 0 Å². The molecule has 0 aliphatic rings. The van der Waals surface area contributed by atoms with E-state index in [1.807, 2.05) is 56.3 Å². The van der Waals surface area contributed by atoms with Gasteiger partial charge < -0.3 is 10.6 Å². The highest BCUT2D eigenvalue weighted by atomic mass is 16.2. The number of nitrogens with one attached hydrogen (secondary N) is 2. The smallest absolute Gasteiger partial charge is 0.255 e. The number of hydrogen-bond donors (Lipinski definition) is 2. The SMILES string of the molecule is Cc1ccc(C(=O)Nc2ccccc2C(=O)NCc2ccccc2)c(C)c1. The Labute approximate surface area is 159 Å². The summed E-state index contributed by atoms with van der Waals surface area (Å²) in [5, 5.41) is 5.76. The van der Waals surface area contributed by atoms with Gasteiger partial charge >= 0.3 is 0 Å². The van der Waals surface area contributed by atoms with Gasteiger partial charge in [-0.2, -0.15) is 0 Å². The zero-order valence-electron chi connectivity index (χ0n) is 15.5. The molecule has 3 aromatic carbocycles. The van der Waals surface area contributed by atoms with E-state index in [1.165, 1.54) is 0 Å². The molecular weight excluding hydrogens is 336 g/mol. The van der Waals surface area contributed by atoms with E-state index in [2.05, 4.69) is 10.6 Å². The van der Waals surface area contributed by atoms with Gasteiger partial charge in [-0.05, 0) is 43.2 Å². The molecule has 0 saturated carbocycles. The van der Waals surface area contributed by atoms with Crippen molar-refractivity contribution in [3.8, 4) is 0 Å². The van der Waals surface area contributed by atoms with Crippen LogP contribution in [0.5, 0.6) is 0 Å². The highest BCUT2D eigenvalue weighted by Gasteiger charge is 2.15. The molecule has 0 radical (unpaired) electrons. The van der Waals surface area contributed by atoms with Gasteiger partial charge in [0, 0.05) is 12.1 Å². The maximum Gasteiger partial charge on any atom is 0.255 e. The van der Waals surface area contributed by atoms with Crippen molar-refractivity contribution < 1.29 is 9.59 Å². The molecule has 2 amide bonds. The molecule has 4 nitrogen and oxygen atoms in total. The van der Waals surface area contributed by atoms with Crippen LogP contribution in [0, 0.1) is 13.8 Å². The fourth-order valence-corrected chi connectivity index (χ4v) is 2.92. The maximum atomic E-state index is 12.7. The van der Waals surface area contributed by atoms with Gasteiger partial charge in [0.05, 0.1) is 11.3 Å². The van der Waals surface area contributed by atoms with E-state index in [4.69, 9.17) is 0 Å². The van der Waals surface area contributed by atoms with Crippen LogP contribution in [0.25, 0.3) is 0 Å². The molecule has 0 atom stereocenters. The molecule has 0 fully saturated rings. The third kappa shape index (κ3) is 4.61. The van der Waals surface area contributed by atoms with Crippen LogP contribution >= 0.6 is 0 Å². The minimum Gasteiger partial charge on any atom is -0.348 e. The summed E-state index contributed by atoms with van der Waals surface area (Å²) in [5.41, 5.74) is 4.55. The van der Waals surface area contributed by atoms with Gasteiger partial charge in [-0.3, -0.25) is 9.59 Å². The molecule has 3 aromatic rings. The van der Waals surface area contributed by atoms with Gasteiger partial charge in [-0.25, -0.2) is 0 Å². The Morgan fingerprint density at radius 1 is 0.778 bits per heavy atom. The zero-order chi connectivity index (χ0) is 19.2. The quantitative estimate of drug-likeness (QED) is 0.706. The van der Waals surface area contributed by atoms with E-state index < -0.39 is 0 Å². The predicted molar refractivity (Wildman–Crippen MR) is 108 cm³/mol. The normalized spacial score (nSPS) is 10.3. The highest BCUT2D eigenvalue weighted by Crippen LogP contribution is 2.18. The summed E-state index contributed by atoms with van der Waals surface area (Å²) in [6.07, 6.45) is 0. The Bertz CT molecular complexity index is 965. The van der Waals surface area contributed by atoms with Crippen molar-refractivity contribution >= 4 is 17.5 Å². The number of anilines is 1. The Morgan fingerprint density at radius 3 is 2.22 bits per heavy atom. The van der Waals surface area contributed by atoms with E-state index in [-0.39, 0.29) is 11.8 Å². The average molecular weight is 358 g/mol. The van der Waals surface area contributed by atoms with Crippen LogP contribution in [-0.2, 0) is 6.54 Å². The first-order valence-electron chi connectivity index (χ1n) is 8.84. The van der Waals surface area contributed by atoms with Crippen molar-refractivity contribution in [1.29, 1.82) is 0 Å². The van der Waals surface area contributed by atoms with Crippen molar-refractivity contribution in [2.75, 3.05) is 5.32 Å². The van der Waals surface area contributed by atoms with Gasteiger partial charge in [-0.1, -0.05) is 60.2 Å². The van der Waals surface area contributed by atoms with Gasteiger partial charge in [-0.15, -0.1) is 0 Å². The molecule has 27 heavy (non-hydrogen) atoms. The zero-order valence-corrected chi connectivity index (χ0v) is 15.5. The minimum atomic E-state index is -0.226. The lowest BCUT2D eigenvalue weighted by molar-refractivity contribution is 0.0952. The first-order valence-corrected chi connectivity index (χ1v) is 8.84. The lowest BCUT2D eigenvalue weighted by Crippen LogP contribution is -2.25. The summed E-state index contributed by atoms with van der Waals surface area (Å²) in [7, 11) is 0. The summed E-state index contributed by atoms with van der Waals surface area (Å²) in [5.74, 6) is -0.453. The van der Waals surface area contributed by atoms with Crippen molar-refractivity contribution in [1.82, 2.24) is 5.32 Å². The average Bonchev–Trinajstić information content (AvgIpc) is 2.67. The van der Waals surface area contributed by atoms with Gasteiger partial charge in [0.2, 0.25) is 0 Å². The van der Waals surface area contributed by atoms with Crippen LogP contribution in [0.2, 0.25) is 0 Å². The highest BCUT2D eigenvalue weighted by molar-refractivity contribution is 6.09. The van der Waals surface area contributed by atoms with E-state index in [0.29, 0.717) is 23.4 Å². The molecule has 0 saturated heterocycles. The van der Waals surface area contributed by atoms with Crippen LogP contribution in [0.4, 0.5) is 5.69 Å². The molecule has 0 heterocycles. The predicted octanol–water partition coefficient (Wildman–Crippen LogP) is 4.49. The van der Waals surface area contributed by atoms with Crippen LogP contribution in [0.15, 0.2) is 72.8 Å². The Morgan fingerprint density at radius 2 is 1.48 bits per heavy atom. The molecule has 2 N–H and O–H groups in total. The van der Waals surface area contributed by atoms with E-state index in [0.717, 1.165) is 16.7 Å². The van der Waals surface area contributed by atoms with Crippen LogP contribution < -0.4 is 10.6 Å². The molecular formula is C23H22N2O2. The Kier molecular flexibility index (Phi) is 5.67. The lowest BCUT2D eigenvalue weighted by atomic mass is 10.0. The third-order valence-corrected chi connectivity index (χ3v) is 4.34. The molecule has 0 aromatic heterocycles. The van der Waals surface area contributed by atoms with Crippen molar-refractivity contribution in [2.45, 2.75) is 20.4 Å². The Hall–Kier alpha value is -3.40. The van der Waals surface area contributed by atoms with E-state index >= 15 is 0 Å². The molecule has 136 valence electrons. The fraction of sp³-hybridized carbons (Fsp3) is 0.130. The number of carbonyl (C=O) groups excluding carboxylic acids is 2. The van der Waals surface area contributed by atoms with Gasteiger partial charge in [0.25, 0.3) is 11.8 Å². The maximum absolute atomic E-state index is 12.7. The second-order valence-corrected chi connectivity index (χ2v) is 6.49. The minimum absolute atomic E-state index is 0.226. The fourth-order valence-electron chi connectivity index (χ4n) is 2.92. The number of aryl methyl sites for hydroxylation is 2. The van der Waals surface area contributed by atoms with E-state index in [9.17, 15) is 9.59 Å². The molecule has 0 aliphatic carbocycles. The van der Waals surface area contributed by atoms with Crippen LogP contribution in [0.3, 0.4) is 0 Å². The molecule has 3 rings (SSSR count). The van der Waals surface area contributed by atoms with Crippen molar-refractivity contribution in [3.63, 3.8) is 0 Å². The number of rotatable bonds is 5. The summed E-state index contributed by atoms with van der Waals surface area (Å²) in [6, 6.07) is 22.4. The standard InChI is InChI=1S/C23H22N2O2/c1-16-12-13-19(17(2)14-16)23(27)25-21-11-7-6-10-20(21)22(26)24-15-18-8-4-3-5-9-18/h3-14H,15H2,1-2H3,(H,24,26)(H,25,27). The molecule has 0 bridgehead atoms. The van der Waals surface area contributed by atoms with Gasteiger partial charge in [0.1, 0.15) is 0 Å². The van der Waals surface area contributed by atoms with Crippen molar-refractivity contribution in [3.05, 3.63) is 101 Å². The molecule has 0 spiro atoms. The van der Waals surface area contributed by atoms with E-state index in [1.54, 1.807) is 30.3 Å². The monoisotopic (exact) mass is 358 g/mol. The largest absolute Gasteiger partial charge is 0.348 e. The first-order chi connectivity index (χ1) is 13.0. The summed E-state index contributed by atoms with van der Waals surface area (Å²) in [4.78, 5) is 25.3. The molecule has 0 unspecified atom stereocenters. The van der Waals surface area contributed by atoms with Crippen LogP contribution in [0.1, 0.15) is 37.4 Å². The number of hydrogen-bond acceptors (Lipinski definition) is 2. The first kappa shape index (κ1) is 18.4. The van der Waals surface area contributed by atoms with Crippen LogP contribution in [-0.4, -0.2) is 11.8 Å². The van der Waals surface area contributed by atoms with Gasteiger partial charge in [0.15, 0.2) is 0 Å². The number of para-hydroxylation sites is 1. The second-order valence-electron chi connectivity index (χ2n) is 6.49. The number of carbonyl (C=O) groups is 2. The summed E-state index contributed by atoms with van der Waals surface area (Å²) >= 11 is 0. The summed E-state index contributed by atoms with van der Waals surface area (Å²) < 4.78 is 0. The second kappa shape index (κ2) is 8.32. The number of benzene rings is 3. The number of amides is 2. The molecule has 0 aliphatic heterocycles. The lowest BCUT2D eigenvalue weighted by Gasteiger charge is -2.13. The topological polar surface area (TPSA) is 58.2 Å². The molecule has 4 heteroatoms. The third-order valence-electron chi connectivity index (χ3n) is 4.34. The Balaban J connectivity index is 1.75. The summed E-state index contributed by atoms with van der Waals surface area (Å²) in [6.45, 7) is 4.32.